The highest BCUT2D eigenvalue weighted by Crippen LogP contribution is 2.36. The number of hydrogen-bond acceptors (Lipinski definition) is 7. The molecule has 7 heteroatoms. The van der Waals surface area contributed by atoms with Gasteiger partial charge in [-0.05, 0) is 24.5 Å². The molecule has 0 aromatic carbocycles. The fraction of sp³-hybridized carbons (Fsp3) is 0.444. The quantitative estimate of drug-likeness (QED) is 0.820. The van der Waals surface area contributed by atoms with E-state index in [1.165, 1.54) is 6.20 Å². The molecule has 0 amide bonds. The van der Waals surface area contributed by atoms with Crippen molar-refractivity contribution >= 4 is 5.95 Å². The van der Waals surface area contributed by atoms with Crippen LogP contribution in [0.5, 0.6) is 5.88 Å². The molecule has 2 aliphatic rings. The smallest absolute Gasteiger partial charge is 0.225 e. The van der Waals surface area contributed by atoms with Crippen molar-refractivity contribution in [3.8, 4) is 11.9 Å². The molecule has 0 aliphatic carbocycles. The summed E-state index contributed by atoms with van der Waals surface area (Å²) in [5.41, 5.74) is 0.536. The lowest BCUT2D eigenvalue weighted by Crippen LogP contribution is -2.26. The molecule has 2 aliphatic heterocycles. The summed E-state index contributed by atoms with van der Waals surface area (Å²) < 4.78 is 11.7. The highest BCUT2D eigenvalue weighted by molar-refractivity contribution is 5.32. The minimum absolute atomic E-state index is 0.252. The fourth-order valence-corrected chi connectivity index (χ4v) is 3.56. The third-order valence-electron chi connectivity index (χ3n) is 4.88. The van der Waals surface area contributed by atoms with Gasteiger partial charge in [0.1, 0.15) is 6.07 Å². The first-order chi connectivity index (χ1) is 12.3. The zero-order chi connectivity index (χ0) is 17.1. The zero-order valence-electron chi connectivity index (χ0n) is 13.8. The molecule has 4 heterocycles. The van der Waals surface area contributed by atoms with Crippen LogP contribution in [0.25, 0.3) is 0 Å². The maximum absolute atomic E-state index is 8.78. The Morgan fingerprint density at radius 3 is 2.88 bits per heavy atom. The fourth-order valence-electron chi connectivity index (χ4n) is 3.56. The van der Waals surface area contributed by atoms with Crippen LogP contribution in [0.3, 0.4) is 0 Å². The predicted molar refractivity (Wildman–Crippen MR) is 90.0 cm³/mol. The van der Waals surface area contributed by atoms with Gasteiger partial charge in [-0.25, -0.2) is 15.0 Å². The van der Waals surface area contributed by atoms with Gasteiger partial charge >= 0.3 is 0 Å². The van der Waals surface area contributed by atoms with Crippen LogP contribution in [-0.4, -0.2) is 47.4 Å². The van der Waals surface area contributed by atoms with Crippen LogP contribution in [0, 0.1) is 23.2 Å². The van der Waals surface area contributed by atoms with Crippen LogP contribution >= 0.6 is 0 Å². The summed E-state index contributed by atoms with van der Waals surface area (Å²) in [7, 11) is 0. The van der Waals surface area contributed by atoms with E-state index in [1.807, 2.05) is 12.1 Å². The van der Waals surface area contributed by atoms with Crippen molar-refractivity contribution in [3.63, 3.8) is 0 Å². The van der Waals surface area contributed by atoms with E-state index in [2.05, 4.69) is 19.9 Å². The Kier molecular flexibility index (Phi) is 4.44. The van der Waals surface area contributed by atoms with Crippen molar-refractivity contribution in [2.24, 2.45) is 11.8 Å². The van der Waals surface area contributed by atoms with Crippen molar-refractivity contribution in [2.75, 3.05) is 31.2 Å². The van der Waals surface area contributed by atoms with Crippen molar-refractivity contribution in [3.05, 3.63) is 42.4 Å². The normalized spacial score (nSPS) is 24.8. The summed E-state index contributed by atoms with van der Waals surface area (Å²) in [6, 6.07) is 7.32. The van der Waals surface area contributed by atoms with Crippen LogP contribution in [-0.2, 0) is 4.74 Å². The van der Waals surface area contributed by atoms with E-state index < -0.39 is 0 Å². The highest BCUT2D eigenvalue weighted by atomic mass is 16.5. The van der Waals surface area contributed by atoms with E-state index in [0.717, 1.165) is 32.1 Å². The van der Waals surface area contributed by atoms with E-state index in [0.29, 0.717) is 29.9 Å². The lowest BCUT2D eigenvalue weighted by molar-refractivity contribution is 0.110. The predicted octanol–water partition coefficient (Wildman–Crippen LogP) is 1.66. The Morgan fingerprint density at radius 1 is 1.24 bits per heavy atom. The Balaban J connectivity index is 1.30. The van der Waals surface area contributed by atoms with Gasteiger partial charge < -0.3 is 14.4 Å². The van der Waals surface area contributed by atoms with Crippen molar-refractivity contribution in [2.45, 2.75) is 12.5 Å². The molecule has 0 saturated carbocycles. The van der Waals surface area contributed by atoms with E-state index in [-0.39, 0.29) is 6.10 Å². The Labute approximate surface area is 146 Å². The molecular formula is C18H19N5O2. The molecule has 2 fully saturated rings. The van der Waals surface area contributed by atoms with Crippen LogP contribution in [0.2, 0.25) is 0 Å². The second-order valence-electron chi connectivity index (χ2n) is 6.38. The van der Waals surface area contributed by atoms with Gasteiger partial charge in [-0.2, -0.15) is 5.26 Å². The van der Waals surface area contributed by atoms with Gasteiger partial charge in [-0.15, -0.1) is 0 Å². The molecule has 0 bridgehead atoms. The van der Waals surface area contributed by atoms with Crippen molar-refractivity contribution < 1.29 is 9.47 Å². The molecule has 0 N–H and O–H groups in total. The molecule has 4 rings (SSSR count). The monoisotopic (exact) mass is 337 g/mol. The summed E-state index contributed by atoms with van der Waals surface area (Å²) >= 11 is 0. The Hall–Kier alpha value is -2.72. The van der Waals surface area contributed by atoms with Crippen molar-refractivity contribution in [1.29, 1.82) is 5.26 Å². The van der Waals surface area contributed by atoms with E-state index >= 15 is 0 Å². The number of rotatable bonds is 5. The van der Waals surface area contributed by atoms with Crippen LogP contribution < -0.4 is 9.64 Å². The number of ether oxygens (including phenoxy) is 2. The molecule has 128 valence electrons. The summed E-state index contributed by atoms with van der Waals surface area (Å²) in [5.74, 6) is 2.29. The van der Waals surface area contributed by atoms with Gasteiger partial charge in [0.2, 0.25) is 11.8 Å². The van der Waals surface area contributed by atoms with Gasteiger partial charge in [0.15, 0.2) is 0 Å². The topological polar surface area (TPSA) is 84.2 Å². The number of aromatic nitrogens is 3. The first-order valence-electron chi connectivity index (χ1n) is 8.46. The van der Waals surface area contributed by atoms with E-state index in [4.69, 9.17) is 14.7 Å². The molecule has 2 aromatic heterocycles. The average Bonchev–Trinajstić information content (AvgIpc) is 3.25. The number of nitrogens with zero attached hydrogens (tertiary/aromatic N) is 5. The lowest BCUT2D eigenvalue weighted by Gasteiger charge is -2.19. The van der Waals surface area contributed by atoms with Crippen LogP contribution in [0.4, 0.5) is 5.95 Å². The minimum Gasteiger partial charge on any atom is -0.478 e. The summed E-state index contributed by atoms with van der Waals surface area (Å²) in [5, 5.41) is 8.78. The largest absolute Gasteiger partial charge is 0.478 e. The number of anilines is 1. The summed E-state index contributed by atoms with van der Waals surface area (Å²) in [6.07, 6.45) is 6.24. The summed E-state index contributed by atoms with van der Waals surface area (Å²) in [6.45, 7) is 3.15. The second-order valence-corrected chi connectivity index (χ2v) is 6.38. The maximum Gasteiger partial charge on any atom is 0.225 e. The molecule has 2 saturated heterocycles. The SMILES string of the molecule is N#Cc1ccc(OCC[C@@H]2CO[C@@H]3CN(c4ncccn4)C[C@H]23)nc1. The molecular weight excluding hydrogens is 318 g/mol. The van der Waals surface area contributed by atoms with Gasteiger partial charge in [-0.3, -0.25) is 0 Å². The highest BCUT2D eigenvalue weighted by Gasteiger charge is 2.44. The van der Waals surface area contributed by atoms with E-state index in [1.54, 1.807) is 24.5 Å². The molecule has 0 radical (unpaired) electrons. The van der Waals surface area contributed by atoms with Gasteiger partial charge in [0.25, 0.3) is 0 Å². The average molecular weight is 337 g/mol. The molecule has 0 unspecified atom stereocenters. The zero-order valence-corrected chi connectivity index (χ0v) is 13.8. The molecule has 2 aromatic rings. The van der Waals surface area contributed by atoms with Gasteiger partial charge in [0, 0.05) is 43.7 Å². The molecule has 7 nitrogen and oxygen atoms in total. The minimum atomic E-state index is 0.252. The third-order valence-corrected chi connectivity index (χ3v) is 4.88. The van der Waals surface area contributed by atoms with Crippen molar-refractivity contribution in [1.82, 2.24) is 15.0 Å². The maximum atomic E-state index is 8.78. The first kappa shape index (κ1) is 15.8. The van der Waals surface area contributed by atoms with E-state index in [9.17, 15) is 0 Å². The molecule has 0 spiro atoms. The van der Waals surface area contributed by atoms with Gasteiger partial charge in [-0.1, -0.05) is 0 Å². The lowest BCUT2D eigenvalue weighted by atomic mass is 9.91. The Morgan fingerprint density at radius 2 is 2.12 bits per heavy atom. The standard InChI is InChI=1S/C18H19N5O2/c19-8-13-2-3-17(22-9-13)24-7-4-14-12-25-16-11-23(10-15(14)16)18-20-5-1-6-21-18/h1-3,5-6,9,14-16H,4,7,10-12H2/t14-,15-,16-/m1/s1. The van der Waals surface area contributed by atoms with Gasteiger partial charge in [0.05, 0.1) is 24.9 Å². The number of fused-ring (bicyclic) bond motifs is 1. The third kappa shape index (κ3) is 3.39. The molecule has 25 heavy (non-hydrogen) atoms. The number of nitriles is 1. The Bertz CT molecular complexity index is 746. The summed E-state index contributed by atoms with van der Waals surface area (Å²) in [4.78, 5) is 15.0. The first-order valence-corrected chi connectivity index (χ1v) is 8.46. The van der Waals surface area contributed by atoms with Crippen LogP contribution in [0.15, 0.2) is 36.8 Å². The molecule has 3 atom stereocenters. The number of hydrogen-bond donors (Lipinski definition) is 0. The second kappa shape index (κ2) is 7.03. The van der Waals surface area contributed by atoms with Crippen LogP contribution in [0.1, 0.15) is 12.0 Å². The number of pyridine rings is 1.